The van der Waals surface area contributed by atoms with Crippen LogP contribution in [0, 0.1) is 0 Å². The van der Waals surface area contributed by atoms with Crippen LogP contribution in [-0.2, 0) is 15.0 Å². The number of carbonyl (C=O) groups excluding carboxylic acids is 2. The van der Waals surface area contributed by atoms with E-state index in [-0.39, 0.29) is 12.0 Å². The lowest BCUT2D eigenvalue weighted by Gasteiger charge is -2.23. The summed E-state index contributed by atoms with van der Waals surface area (Å²) >= 11 is 3.46. The Kier molecular flexibility index (Phi) is 7.40. The van der Waals surface area contributed by atoms with Crippen LogP contribution in [0.15, 0.2) is 65.1 Å². The van der Waals surface area contributed by atoms with E-state index in [1.54, 1.807) is 6.92 Å². The van der Waals surface area contributed by atoms with Crippen LogP contribution in [0.3, 0.4) is 0 Å². The third kappa shape index (κ3) is 6.23. The van der Waals surface area contributed by atoms with Gasteiger partial charge in [0, 0.05) is 10.0 Å². The second-order valence-electron chi connectivity index (χ2n) is 8.49. The smallest absolute Gasteiger partial charge is 0.279 e. The van der Waals surface area contributed by atoms with Crippen LogP contribution in [0.4, 0.5) is 0 Å². The minimum absolute atomic E-state index is 0.153. The first-order valence-electron chi connectivity index (χ1n) is 10.3. The van der Waals surface area contributed by atoms with Gasteiger partial charge in [-0.05, 0) is 53.4 Å². The van der Waals surface area contributed by atoms with Crippen molar-refractivity contribution < 1.29 is 19.1 Å². The first-order chi connectivity index (χ1) is 15.1. The van der Waals surface area contributed by atoms with Crippen LogP contribution < -0.4 is 20.3 Å². The Bertz CT molecular complexity index is 1120. The van der Waals surface area contributed by atoms with Gasteiger partial charge >= 0.3 is 0 Å². The molecule has 2 amide bonds. The van der Waals surface area contributed by atoms with Crippen molar-refractivity contribution in [1.29, 1.82) is 0 Å². The number of fused-ring (bicyclic) bond motifs is 1. The fourth-order valence-electron chi connectivity index (χ4n) is 3.12. The highest BCUT2D eigenvalue weighted by atomic mass is 79.9. The van der Waals surface area contributed by atoms with E-state index < -0.39 is 17.9 Å². The van der Waals surface area contributed by atoms with Gasteiger partial charge in [0.2, 0.25) is 0 Å². The van der Waals surface area contributed by atoms with E-state index in [4.69, 9.17) is 9.47 Å². The van der Waals surface area contributed by atoms with Crippen molar-refractivity contribution in [2.24, 2.45) is 0 Å². The number of hydrazine groups is 1. The van der Waals surface area contributed by atoms with Crippen LogP contribution in [0.25, 0.3) is 10.8 Å². The predicted molar refractivity (Wildman–Crippen MR) is 129 cm³/mol. The molecule has 0 aliphatic carbocycles. The van der Waals surface area contributed by atoms with E-state index in [9.17, 15) is 9.59 Å². The Balaban J connectivity index is 1.50. The average Bonchev–Trinajstić information content (AvgIpc) is 2.75. The Morgan fingerprint density at radius 1 is 0.969 bits per heavy atom. The number of benzene rings is 3. The topological polar surface area (TPSA) is 76.7 Å². The molecule has 0 radical (unpaired) electrons. The van der Waals surface area contributed by atoms with Crippen molar-refractivity contribution >= 4 is 38.5 Å². The van der Waals surface area contributed by atoms with Gasteiger partial charge in [-0.3, -0.25) is 20.4 Å². The maximum Gasteiger partial charge on any atom is 0.279 e. The molecule has 1 unspecified atom stereocenters. The molecule has 2 N–H and O–H groups in total. The maximum atomic E-state index is 12.3. The molecule has 0 heterocycles. The third-order valence-corrected chi connectivity index (χ3v) is 5.33. The molecule has 1 atom stereocenters. The number of nitrogens with one attached hydrogen (secondary N) is 2. The molecule has 0 aliphatic rings. The van der Waals surface area contributed by atoms with Crippen LogP contribution >= 0.6 is 15.9 Å². The van der Waals surface area contributed by atoms with Crippen molar-refractivity contribution in [3.8, 4) is 11.5 Å². The van der Waals surface area contributed by atoms with Gasteiger partial charge in [0.15, 0.2) is 12.7 Å². The fourth-order valence-corrected chi connectivity index (χ4v) is 3.49. The highest BCUT2D eigenvalue weighted by Crippen LogP contribution is 2.33. The molecule has 3 rings (SSSR count). The third-order valence-electron chi connectivity index (χ3n) is 4.84. The Morgan fingerprint density at radius 3 is 2.41 bits per heavy atom. The number of rotatable bonds is 6. The molecule has 0 saturated carbocycles. The van der Waals surface area contributed by atoms with E-state index >= 15 is 0 Å². The number of carbonyl (C=O) groups is 2. The van der Waals surface area contributed by atoms with Gasteiger partial charge in [-0.2, -0.15) is 0 Å². The lowest BCUT2D eigenvalue weighted by Crippen LogP contribution is -2.48. The molecule has 32 heavy (non-hydrogen) atoms. The van der Waals surface area contributed by atoms with Crippen molar-refractivity contribution in [2.75, 3.05) is 6.61 Å². The zero-order chi connectivity index (χ0) is 23.3. The second-order valence-corrected chi connectivity index (χ2v) is 9.40. The minimum atomic E-state index is -0.795. The van der Waals surface area contributed by atoms with Crippen LogP contribution in [0.1, 0.15) is 33.3 Å². The van der Waals surface area contributed by atoms with Crippen molar-refractivity contribution in [3.63, 3.8) is 0 Å². The van der Waals surface area contributed by atoms with E-state index in [0.717, 1.165) is 20.8 Å². The average molecular weight is 499 g/mol. The molecule has 0 saturated heterocycles. The predicted octanol–water partition coefficient (Wildman–Crippen LogP) is 4.89. The normalized spacial score (nSPS) is 12.2. The molecule has 6 nitrogen and oxygen atoms in total. The molecule has 3 aromatic rings. The van der Waals surface area contributed by atoms with Crippen LogP contribution in [0.2, 0.25) is 0 Å². The van der Waals surface area contributed by atoms with Crippen LogP contribution in [0.5, 0.6) is 11.5 Å². The number of ether oxygens (including phenoxy) is 2. The quantitative estimate of drug-likeness (QED) is 0.474. The lowest BCUT2D eigenvalue weighted by molar-refractivity contribution is -0.133. The Labute approximate surface area is 196 Å². The van der Waals surface area contributed by atoms with Gasteiger partial charge in [0.1, 0.15) is 11.5 Å². The summed E-state index contributed by atoms with van der Waals surface area (Å²) in [4.78, 5) is 24.5. The SMILES string of the molecule is CC(Oc1ccc2ccccc2c1)C(=O)NNC(=O)COc1ccc(Br)cc1C(C)(C)C. The molecule has 0 spiro atoms. The number of amides is 2. The summed E-state index contributed by atoms with van der Waals surface area (Å²) < 4.78 is 12.3. The largest absolute Gasteiger partial charge is 0.483 e. The number of hydrogen-bond acceptors (Lipinski definition) is 4. The van der Waals surface area contributed by atoms with Gasteiger partial charge in [-0.25, -0.2) is 0 Å². The molecule has 0 fully saturated rings. The van der Waals surface area contributed by atoms with Gasteiger partial charge in [-0.15, -0.1) is 0 Å². The molecular weight excluding hydrogens is 472 g/mol. The van der Waals surface area contributed by atoms with Crippen molar-refractivity contribution in [1.82, 2.24) is 10.9 Å². The van der Waals surface area contributed by atoms with Gasteiger partial charge in [0.25, 0.3) is 11.8 Å². The van der Waals surface area contributed by atoms with Gasteiger partial charge < -0.3 is 9.47 Å². The molecule has 0 bridgehead atoms. The summed E-state index contributed by atoms with van der Waals surface area (Å²) in [7, 11) is 0. The summed E-state index contributed by atoms with van der Waals surface area (Å²) in [5.74, 6) is 0.255. The highest BCUT2D eigenvalue weighted by molar-refractivity contribution is 9.10. The summed E-state index contributed by atoms with van der Waals surface area (Å²) in [6.07, 6.45) is -0.795. The minimum Gasteiger partial charge on any atom is -0.483 e. The Morgan fingerprint density at radius 2 is 1.69 bits per heavy atom. The van der Waals surface area contributed by atoms with Crippen molar-refractivity contribution in [2.45, 2.75) is 39.2 Å². The summed E-state index contributed by atoms with van der Waals surface area (Å²) in [6.45, 7) is 7.59. The summed E-state index contributed by atoms with van der Waals surface area (Å²) in [6, 6.07) is 19.1. The second kappa shape index (κ2) is 10.0. The van der Waals surface area contributed by atoms with E-state index in [1.165, 1.54) is 0 Å². The first-order valence-corrected chi connectivity index (χ1v) is 11.1. The summed E-state index contributed by atoms with van der Waals surface area (Å²) in [5.41, 5.74) is 5.56. The Hall–Kier alpha value is -3.06. The van der Waals surface area contributed by atoms with Crippen molar-refractivity contribution in [3.05, 3.63) is 70.7 Å². The standard InChI is InChI=1S/C25H27BrN2O4/c1-16(32-20-11-9-17-7-5-6-8-18(17)13-20)24(30)28-27-23(29)15-31-22-12-10-19(26)14-21(22)25(2,3)4/h5-14,16H,15H2,1-4H3,(H,27,29)(H,28,30). The number of halogens is 1. The first kappa shape index (κ1) is 23.6. The molecule has 7 heteroatoms. The molecule has 0 aliphatic heterocycles. The van der Waals surface area contributed by atoms with Gasteiger partial charge in [-0.1, -0.05) is 67.0 Å². The van der Waals surface area contributed by atoms with E-state index in [1.807, 2.05) is 60.7 Å². The molecular formula is C25H27BrN2O4. The zero-order valence-corrected chi connectivity index (χ0v) is 20.2. The molecule has 168 valence electrons. The van der Waals surface area contributed by atoms with Crippen LogP contribution in [-0.4, -0.2) is 24.5 Å². The van der Waals surface area contributed by atoms with Gasteiger partial charge in [0.05, 0.1) is 0 Å². The molecule has 3 aromatic carbocycles. The highest BCUT2D eigenvalue weighted by Gasteiger charge is 2.20. The van der Waals surface area contributed by atoms with E-state index in [2.05, 4.69) is 47.6 Å². The number of hydrogen-bond donors (Lipinski definition) is 2. The monoisotopic (exact) mass is 498 g/mol. The summed E-state index contributed by atoms with van der Waals surface area (Å²) in [5, 5.41) is 2.11. The molecule has 0 aromatic heterocycles. The lowest BCUT2D eigenvalue weighted by atomic mass is 9.86. The van der Waals surface area contributed by atoms with E-state index in [0.29, 0.717) is 11.5 Å². The maximum absolute atomic E-state index is 12.3. The zero-order valence-electron chi connectivity index (χ0n) is 18.6. The fraction of sp³-hybridized carbons (Fsp3) is 0.280.